The summed E-state index contributed by atoms with van der Waals surface area (Å²) in [4.78, 5) is 30.1. The molecule has 0 aliphatic rings. The maximum absolute atomic E-state index is 12.7. The number of hydrogen-bond acceptors (Lipinski definition) is 6. The average molecular weight is 366 g/mol. The third kappa shape index (κ3) is 3.14. The molecule has 1 N–H and O–H groups in total. The summed E-state index contributed by atoms with van der Waals surface area (Å²) in [5.41, 5.74) is 1.41. The molecule has 7 nitrogen and oxygen atoms in total. The van der Waals surface area contributed by atoms with Crippen LogP contribution in [0.4, 0.5) is 5.82 Å². The fourth-order valence-corrected chi connectivity index (χ4v) is 3.63. The number of carbonyl (C=O) groups excluding carboxylic acids is 1. The molecule has 26 heavy (non-hydrogen) atoms. The van der Waals surface area contributed by atoms with E-state index in [1.807, 2.05) is 36.4 Å². The second-order valence-corrected chi connectivity index (χ2v) is 6.79. The number of nitrogens with one attached hydrogen (secondary N) is 1. The van der Waals surface area contributed by atoms with Gasteiger partial charge in [0.2, 0.25) is 5.91 Å². The van der Waals surface area contributed by atoms with Crippen molar-refractivity contribution in [2.24, 2.45) is 0 Å². The molecule has 4 aromatic rings. The van der Waals surface area contributed by atoms with Crippen LogP contribution in [0, 0.1) is 6.92 Å². The minimum absolute atomic E-state index is 0.147. The second kappa shape index (κ2) is 6.57. The highest BCUT2D eigenvalue weighted by Gasteiger charge is 2.13. The van der Waals surface area contributed by atoms with Crippen molar-refractivity contribution < 1.29 is 9.32 Å². The number of aryl methyl sites for hydroxylation is 1. The molecular formula is C18H14N4O3S. The van der Waals surface area contributed by atoms with Crippen molar-refractivity contribution in [2.75, 3.05) is 5.32 Å². The smallest absolute Gasteiger partial charge is 0.271 e. The Morgan fingerprint density at radius 2 is 2.08 bits per heavy atom. The highest BCUT2D eigenvalue weighted by atomic mass is 32.1. The summed E-state index contributed by atoms with van der Waals surface area (Å²) in [5, 5.41) is 6.29. The molecule has 1 amide bonds. The summed E-state index contributed by atoms with van der Waals surface area (Å²) in [6.45, 7) is 1.58. The van der Waals surface area contributed by atoms with Gasteiger partial charge in [-0.1, -0.05) is 35.5 Å². The van der Waals surface area contributed by atoms with E-state index in [0.29, 0.717) is 21.8 Å². The van der Waals surface area contributed by atoms with E-state index >= 15 is 0 Å². The first-order valence-electron chi connectivity index (χ1n) is 7.88. The zero-order valence-corrected chi connectivity index (χ0v) is 14.6. The minimum Gasteiger partial charge on any atom is -0.360 e. The number of fused-ring (bicyclic) bond motifs is 1. The van der Waals surface area contributed by atoms with E-state index < -0.39 is 0 Å². The minimum atomic E-state index is -0.374. The number of benzene rings is 1. The van der Waals surface area contributed by atoms with Crippen molar-refractivity contribution in [2.45, 2.75) is 13.5 Å². The molecule has 3 heterocycles. The van der Waals surface area contributed by atoms with E-state index in [4.69, 9.17) is 4.52 Å². The van der Waals surface area contributed by atoms with E-state index in [0.717, 1.165) is 10.4 Å². The van der Waals surface area contributed by atoms with Gasteiger partial charge in [-0.15, -0.1) is 11.3 Å². The number of aromatic nitrogens is 3. The molecule has 0 fully saturated rings. The van der Waals surface area contributed by atoms with Crippen LogP contribution in [0.5, 0.6) is 0 Å². The van der Waals surface area contributed by atoms with Gasteiger partial charge in [0, 0.05) is 10.9 Å². The quantitative estimate of drug-likeness (QED) is 0.599. The lowest BCUT2D eigenvalue weighted by atomic mass is 10.2. The highest BCUT2D eigenvalue weighted by molar-refractivity contribution is 7.22. The molecule has 0 saturated carbocycles. The van der Waals surface area contributed by atoms with Crippen LogP contribution in [0.15, 0.2) is 58.1 Å². The summed E-state index contributed by atoms with van der Waals surface area (Å²) in [7, 11) is 0. The van der Waals surface area contributed by atoms with E-state index in [9.17, 15) is 9.59 Å². The van der Waals surface area contributed by atoms with Gasteiger partial charge in [-0.2, -0.15) is 0 Å². The Labute approximate surface area is 151 Å². The maximum Gasteiger partial charge on any atom is 0.271 e. The van der Waals surface area contributed by atoms with Gasteiger partial charge in [0.05, 0.1) is 11.8 Å². The normalized spacial score (nSPS) is 11.0. The third-order valence-electron chi connectivity index (χ3n) is 3.77. The lowest BCUT2D eigenvalue weighted by Crippen LogP contribution is -2.27. The molecule has 0 atom stereocenters. The highest BCUT2D eigenvalue weighted by Crippen LogP contribution is 2.30. The first-order chi connectivity index (χ1) is 12.6. The van der Waals surface area contributed by atoms with Crippen molar-refractivity contribution in [3.05, 3.63) is 64.9 Å². The molecule has 0 aliphatic heterocycles. The van der Waals surface area contributed by atoms with Gasteiger partial charge < -0.3 is 9.84 Å². The van der Waals surface area contributed by atoms with Crippen molar-refractivity contribution in [1.82, 2.24) is 14.7 Å². The Morgan fingerprint density at radius 1 is 1.27 bits per heavy atom. The van der Waals surface area contributed by atoms with Gasteiger partial charge in [-0.25, -0.2) is 4.98 Å². The van der Waals surface area contributed by atoms with Crippen LogP contribution in [0.1, 0.15) is 5.76 Å². The standard InChI is InChI=1S/C18H14N4O3S/c1-11-7-15(21-25-11)20-16(23)9-22-10-19-13-8-14(26-17(13)18(22)24)12-5-3-2-4-6-12/h2-8,10H,9H2,1H3,(H,20,21,23). The molecule has 1 aromatic carbocycles. The van der Waals surface area contributed by atoms with Crippen LogP contribution in [0.25, 0.3) is 20.7 Å². The molecule has 8 heteroatoms. The van der Waals surface area contributed by atoms with E-state index in [1.165, 1.54) is 22.2 Å². The summed E-state index contributed by atoms with van der Waals surface area (Å²) in [6.07, 6.45) is 1.39. The first-order valence-corrected chi connectivity index (χ1v) is 8.69. The maximum atomic E-state index is 12.7. The number of thiophene rings is 1. The van der Waals surface area contributed by atoms with Crippen LogP contribution >= 0.6 is 11.3 Å². The lowest BCUT2D eigenvalue weighted by Gasteiger charge is -2.04. The molecule has 0 radical (unpaired) electrons. The number of hydrogen-bond donors (Lipinski definition) is 1. The van der Waals surface area contributed by atoms with Gasteiger partial charge in [-0.05, 0) is 18.6 Å². The van der Waals surface area contributed by atoms with E-state index in [1.54, 1.807) is 13.0 Å². The Morgan fingerprint density at radius 3 is 2.81 bits per heavy atom. The average Bonchev–Trinajstić information content (AvgIpc) is 3.25. The molecule has 130 valence electrons. The van der Waals surface area contributed by atoms with Crippen LogP contribution < -0.4 is 10.9 Å². The van der Waals surface area contributed by atoms with Gasteiger partial charge >= 0.3 is 0 Å². The Kier molecular flexibility index (Phi) is 4.10. The van der Waals surface area contributed by atoms with Crippen LogP contribution in [-0.4, -0.2) is 20.6 Å². The zero-order chi connectivity index (χ0) is 18.1. The predicted molar refractivity (Wildman–Crippen MR) is 99.2 cm³/mol. The summed E-state index contributed by atoms with van der Waals surface area (Å²) < 4.78 is 6.71. The summed E-state index contributed by atoms with van der Waals surface area (Å²) >= 11 is 1.37. The topological polar surface area (TPSA) is 90.0 Å². The monoisotopic (exact) mass is 366 g/mol. The van der Waals surface area contributed by atoms with Gasteiger partial charge in [0.25, 0.3) is 5.56 Å². The Hall–Kier alpha value is -3.26. The molecule has 0 spiro atoms. The number of anilines is 1. The number of nitrogens with zero attached hydrogens (tertiary/aromatic N) is 3. The third-order valence-corrected chi connectivity index (χ3v) is 4.93. The molecule has 0 aliphatic carbocycles. The number of amides is 1. The van der Waals surface area contributed by atoms with Gasteiger partial charge in [0.1, 0.15) is 17.0 Å². The second-order valence-electron chi connectivity index (χ2n) is 5.74. The summed E-state index contributed by atoms with van der Waals surface area (Å²) in [6, 6.07) is 13.3. The van der Waals surface area contributed by atoms with Crippen molar-refractivity contribution in [1.29, 1.82) is 0 Å². The number of carbonyl (C=O) groups is 1. The molecule has 3 aromatic heterocycles. The van der Waals surface area contributed by atoms with Crippen LogP contribution in [0.3, 0.4) is 0 Å². The fourth-order valence-electron chi connectivity index (χ4n) is 2.57. The van der Waals surface area contributed by atoms with Crippen molar-refractivity contribution >= 4 is 33.3 Å². The molecular weight excluding hydrogens is 352 g/mol. The molecule has 0 bridgehead atoms. The molecule has 0 saturated heterocycles. The summed E-state index contributed by atoms with van der Waals surface area (Å²) in [5.74, 6) is 0.533. The number of rotatable bonds is 4. The largest absolute Gasteiger partial charge is 0.360 e. The predicted octanol–water partition coefficient (Wildman–Crippen LogP) is 3.06. The van der Waals surface area contributed by atoms with Crippen molar-refractivity contribution in [3.8, 4) is 10.4 Å². The molecule has 4 rings (SSSR count). The van der Waals surface area contributed by atoms with Gasteiger partial charge in [-0.3, -0.25) is 14.2 Å². The SMILES string of the molecule is Cc1cc(NC(=O)Cn2cnc3cc(-c4ccccc4)sc3c2=O)no1. The van der Waals surface area contributed by atoms with Crippen LogP contribution in [-0.2, 0) is 11.3 Å². The van der Waals surface area contributed by atoms with E-state index in [2.05, 4.69) is 15.5 Å². The Bertz CT molecular complexity index is 1140. The van der Waals surface area contributed by atoms with Crippen molar-refractivity contribution in [3.63, 3.8) is 0 Å². The first kappa shape index (κ1) is 16.2. The Balaban J connectivity index is 1.61. The lowest BCUT2D eigenvalue weighted by molar-refractivity contribution is -0.116. The fraction of sp³-hybridized carbons (Fsp3) is 0.111. The van der Waals surface area contributed by atoms with E-state index in [-0.39, 0.29) is 18.0 Å². The van der Waals surface area contributed by atoms with Gasteiger partial charge in [0.15, 0.2) is 5.82 Å². The molecule has 0 unspecified atom stereocenters. The van der Waals surface area contributed by atoms with Crippen LogP contribution in [0.2, 0.25) is 0 Å². The zero-order valence-electron chi connectivity index (χ0n) is 13.8.